The van der Waals surface area contributed by atoms with Crippen LogP contribution in [0.5, 0.6) is 0 Å². The highest BCUT2D eigenvalue weighted by atomic mass is 16.4. The molecule has 1 aromatic carbocycles. The number of aromatic nitrogens is 2. The van der Waals surface area contributed by atoms with Gasteiger partial charge in [-0.05, 0) is 44.0 Å². The van der Waals surface area contributed by atoms with E-state index in [4.69, 9.17) is 0 Å². The molecule has 7 heteroatoms. The summed E-state index contributed by atoms with van der Waals surface area (Å²) in [6.45, 7) is 5.14. The van der Waals surface area contributed by atoms with Crippen LogP contribution in [0.25, 0.3) is 5.69 Å². The molecular formula is C19H19N3O4. The maximum absolute atomic E-state index is 11.9. The summed E-state index contributed by atoms with van der Waals surface area (Å²) in [5, 5.41) is 22.4. The van der Waals surface area contributed by atoms with Gasteiger partial charge in [-0.25, -0.2) is 14.6 Å². The second-order valence-electron chi connectivity index (χ2n) is 6.26. The summed E-state index contributed by atoms with van der Waals surface area (Å²) in [4.78, 5) is 27.9. The normalized spacial score (nSPS) is 15.2. The van der Waals surface area contributed by atoms with Crippen molar-refractivity contribution in [3.8, 4) is 5.69 Å². The molecule has 0 saturated carbocycles. The summed E-state index contributed by atoms with van der Waals surface area (Å²) in [6, 6.07) is 5.56. The van der Waals surface area contributed by atoms with Crippen molar-refractivity contribution in [3.05, 3.63) is 70.6 Å². The van der Waals surface area contributed by atoms with Gasteiger partial charge in [-0.15, -0.1) is 0 Å². The van der Waals surface area contributed by atoms with Crippen LogP contribution in [0.1, 0.15) is 30.9 Å². The molecule has 0 aliphatic carbocycles. The minimum Gasteiger partial charge on any atom is -0.478 e. The lowest BCUT2D eigenvalue weighted by Crippen LogP contribution is -2.31. The van der Waals surface area contributed by atoms with Crippen LogP contribution in [-0.2, 0) is 9.59 Å². The molecule has 0 bridgehead atoms. The average molecular weight is 353 g/mol. The number of benzene rings is 1. The van der Waals surface area contributed by atoms with Crippen LogP contribution in [0.4, 0.5) is 0 Å². The van der Waals surface area contributed by atoms with Gasteiger partial charge >= 0.3 is 11.9 Å². The number of dihydropyridines is 1. The molecular weight excluding hydrogens is 334 g/mol. The Morgan fingerprint density at radius 2 is 1.69 bits per heavy atom. The summed E-state index contributed by atoms with van der Waals surface area (Å²) < 4.78 is 1.79. The van der Waals surface area contributed by atoms with E-state index in [0.29, 0.717) is 17.0 Å². The van der Waals surface area contributed by atoms with Gasteiger partial charge in [0, 0.05) is 29.5 Å². The number of carbonyl (C=O) groups is 2. The summed E-state index contributed by atoms with van der Waals surface area (Å²) >= 11 is 0. The number of carboxylic acids is 2. The van der Waals surface area contributed by atoms with E-state index >= 15 is 0 Å². The third kappa shape index (κ3) is 2.88. The Morgan fingerprint density at radius 3 is 2.19 bits per heavy atom. The van der Waals surface area contributed by atoms with Crippen LogP contribution in [0.3, 0.4) is 0 Å². The molecule has 7 nitrogen and oxygen atoms in total. The number of allylic oxidation sites excluding steroid dienone is 2. The number of hydrogen-bond donors (Lipinski definition) is 3. The number of aliphatic carboxylic acids is 2. The van der Waals surface area contributed by atoms with Gasteiger partial charge < -0.3 is 20.1 Å². The van der Waals surface area contributed by atoms with E-state index < -0.39 is 17.9 Å². The largest absolute Gasteiger partial charge is 0.478 e. The van der Waals surface area contributed by atoms with Crippen molar-refractivity contribution >= 4 is 11.9 Å². The SMILES string of the molecule is CC1=C(C(=O)O)C(c2cc(-n3ccnc3)ccc2C)C(C(=O)O)=C(C)N1. The fourth-order valence-corrected chi connectivity index (χ4v) is 3.38. The second kappa shape index (κ2) is 6.51. The van der Waals surface area contributed by atoms with Gasteiger partial charge in [-0.1, -0.05) is 6.07 Å². The van der Waals surface area contributed by atoms with E-state index in [2.05, 4.69) is 10.3 Å². The van der Waals surface area contributed by atoms with Crippen LogP contribution in [0, 0.1) is 6.92 Å². The molecule has 0 amide bonds. The monoisotopic (exact) mass is 353 g/mol. The predicted molar refractivity (Wildman–Crippen MR) is 94.8 cm³/mol. The summed E-state index contributed by atoms with van der Waals surface area (Å²) in [5.74, 6) is -3.15. The number of nitrogens with zero attached hydrogens (tertiary/aromatic N) is 2. The third-order valence-electron chi connectivity index (χ3n) is 4.60. The van der Waals surface area contributed by atoms with Gasteiger partial charge in [-0.2, -0.15) is 0 Å². The first-order valence-corrected chi connectivity index (χ1v) is 8.05. The lowest BCUT2D eigenvalue weighted by atomic mass is 9.78. The van der Waals surface area contributed by atoms with Gasteiger partial charge in [0.15, 0.2) is 0 Å². The maximum Gasteiger partial charge on any atom is 0.334 e. The molecule has 0 unspecified atom stereocenters. The Morgan fingerprint density at radius 1 is 1.08 bits per heavy atom. The molecule has 2 heterocycles. The summed E-state index contributed by atoms with van der Waals surface area (Å²) in [7, 11) is 0. The predicted octanol–water partition coefficient (Wildman–Crippen LogP) is 2.58. The molecule has 0 radical (unpaired) electrons. The highest BCUT2D eigenvalue weighted by Crippen LogP contribution is 2.40. The zero-order chi connectivity index (χ0) is 19.0. The first-order valence-electron chi connectivity index (χ1n) is 8.05. The quantitative estimate of drug-likeness (QED) is 0.780. The lowest BCUT2D eigenvalue weighted by molar-refractivity contribution is -0.133. The Kier molecular flexibility index (Phi) is 4.38. The molecule has 26 heavy (non-hydrogen) atoms. The minimum atomic E-state index is -1.14. The van der Waals surface area contributed by atoms with Crippen LogP contribution in [-0.4, -0.2) is 31.7 Å². The molecule has 0 saturated heterocycles. The Hall–Kier alpha value is -3.35. The standard InChI is InChI=1S/C19H19N3O4/c1-10-4-5-13(22-7-6-20-9-22)8-14(10)17-15(18(23)24)11(2)21-12(3)16(17)19(25)26/h4-9,17,21H,1-3H3,(H,23,24)(H,25,26). The van der Waals surface area contributed by atoms with Crippen LogP contribution in [0.15, 0.2) is 59.5 Å². The van der Waals surface area contributed by atoms with E-state index in [0.717, 1.165) is 11.3 Å². The maximum atomic E-state index is 11.9. The second-order valence-corrected chi connectivity index (χ2v) is 6.26. The Labute approximate surface area is 150 Å². The number of rotatable bonds is 4. The number of imidazole rings is 1. The molecule has 3 N–H and O–H groups in total. The number of aryl methyl sites for hydroxylation is 1. The minimum absolute atomic E-state index is 0.0406. The van der Waals surface area contributed by atoms with E-state index in [1.165, 1.54) is 0 Å². The van der Waals surface area contributed by atoms with Crippen molar-refractivity contribution < 1.29 is 19.8 Å². The van der Waals surface area contributed by atoms with Gasteiger partial charge in [-0.3, -0.25) is 0 Å². The van der Waals surface area contributed by atoms with Crippen LogP contribution in [0.2, 0.25) is 0 Å². The van der Waals surface area contributed by atoms with Crippen LogP contribution >= 0.6 is 0 Å². The molecule has 0 atom stereocenters. The first-order chi connectivity index (χ1) is 12.3. The van der Waals surface area contributed by atoms with Crippen molar-refractivity contribution in [3.63, 3.8) is 0 Å². The molecule has 3 rings (SSSR count). The average Bonchev–Trinajstić information content (AvgIpc) is 3.08. The molecule has 1 aliphatic rings. The van der Waals surface area contributed by atoms with Crippen molar-refractivity contribution in [2.45, 2.75) is 26.7 Å². The van der Waals surface area contributed by atoms with Crippen LogP contribution < -0.4 is 5.32 Å². The van der Waals surface area contributed by atoms with Crippen molar-refractivity contribution in [2.24, 2.45) is 0 Å². The fraction of sp³-hybridized carbons (Fsp3) is 0.211. The molecule has 0 fully saturated rings. The van der Waals surface area contributed by atoms with Crippen molar-refractivity contribution in [1.82, 2.24) is 14.9 Å². The number of nitrogens with one attached hydrogen (secondary N) is 1. The van der Waals surface area contributed by atoms with E-state index in [9.17, 15) is 19.8 Å². The smallest absolute Gasteiger partial charge is 0.334 e. The zero-order valence-electron chi connectivity index (χ0n) is 14.6. The molecule has 134 valence electrons. The Balaban J connectivity index is 2.26. The van der Waals surface area contributed by atoms with Crippen molar-refractivity contribution in [2.75, 3.05) is 0 Å². The number of carboxylic acid groups (broad SMARTS) is 2. The highest BCUT2D eigenvalue weighted by Gasteiger charge is 2.37. The first kappa shape index (κ1) is 17.5. The fourth-order valence-electron chi connectivity index (χ4n) is 3.38. The summed E-state index contributed by atoms with van der Waals surface area (Å²) in [6.07, 6.45) is 5.05. The van der Waals surface area contributed by atoms with E-state index in [1.54, 1.807) is 37.1 Å². The van der Waals surface area contributed by atoms with Gasteiger partial charge in [0.05, 0.1) is 23.4 Å². The van der Waals surface area contributed by atoms with Gasteiger partial charge in [0.25, 0.3) is 0 Å². The van der Waals surface area contributed by atoms with E-state index in [1.807, 2.05) is 25.1 Å². The molecule has 1 aliphatic heterocycles. The summed E-state index contributed by atoms with van der Waals surface area (Å²) in [5.41, 5.74) is 3.21. The Bertz CT molecular complexity index is 919. The third-order valence-corrected chi connectivity index (χ3v) is 4.60. The number of hydrogen-bond acceptors (Lipinski definition) is 4. The van der Waals surface area contributed by atoms with Gasteiger partial charge in [0.2, 0.25) is 0 Å². The lowest BCUT2D eigenvalue weighted by Gasteiger charge is -2.30. The van der Waals surface area contributed by atoms with Gasteiger partial charge in [0.1, 0.15) is 0 Å². The molecule has 2 aromatic rings. The topological polar surface area (TPSA) is 104 Å². The molecule has 1 aromatic heterocycles. The molecule has 0 spiro atoms. The van der Waals surface area contributed by atoms with Crippen molar-refractivity contribution in [1.29, 1.82) is 0 Å². The zero-order valence-corrected chi connectivity index (χ0v) is 14.6. The van der Waals surface area contributed by atoms with E-state index in [-0.39, 0.29) is 11.1 Å². The highest BCUT2D eigenvalue weighted by molar-refractivity contribution is 5.98.